The number of anilines is 1. The highest BCUT2D eigenvalue weighted by Gasteiger charge is 2.12. The Morgan fingerprint density at radius 2 is 2.10 bits per heavy atom. The van der Waals surface area contributed by atoms with Crippen molar-refractivity contribution in [3.63, 3.8) is 0 Å². The van der Waals surface area contributed by atoms with E-state index in [1.165, 1.54) is 0 Å². The molecule has 0 aliphatic carbocycles. The SMILES string of the molecule is CCCNC(C)c1nnc(NCc2ccccc2Br)o1. The van der Waals surface area contributed by atoms with Crippen molar-refractivity contribution < 1.29 is 4.42 Å². The van der Waals surface area contributed by atoms with Gasteiger partial charge in [-0.25, -0.2) is 0 Å². The maximum Gasteiger partial charge on any atom is 0.315 e. The molecule has 2 aromatic rings. The third-order valence-corrected chi connectivity index (χ3v) is 3.67. The van der Waals surface area contributed by atoms with Gasteiger partial charge in [-0.2, -0.15) is 0 Å². The molecule has 0 saturated heterocycles. The van der Waals surface area contributed by atoms with E-state index in [1.807, 2.05) is 31.2 Å². The summed E-state index contributed by atoms with van der Waals surface area (Å²) in [7, 11) is 0. The number of nitrogens with zero attached hydrogens (tertiary/aromatic N) is 2. The van der Waals surface area contributed by atoms with Gasteiger partial charge in [0, 0.05) is 11.0 Å². The molecule has 6 heteroatoms. The molecule has 2 rings (SSSR count). The molecule has 0 aliphatic rings. The van der Waals surface area contributed by atoms with Crippen molar-refractivity contribution in [3.05, 3.63) is 40.2 Å². The molecule has 20 heavy (non-hydrogen) atoms. The monoisotopic (exact) mass is 338 g/mol. The largest absolute Gasteiger partial charge is 0.406 e. The van der Waals surface area contributed by atoms with E-state index in [-0.39, 0.29) is 6.04 Å². The van der Waals surface area contributed by atoms with Crippen LogP contribution in [0.25, 0.3) is 0 Å². The normalized spacial score (nSPS) is 12.3. The lowest BCUT2D eigenvalue weighted by Gasteiger charge is -2.07. The molecule has 0 amide bonds. The van der Waals surface area contributed by atoms with Crippen molar-refractivity contribution in [2.75, 3.05) is 11.9 Å². The summed E-state index contributed by atoms with van der Waals surface area (Å²) in [6, 6.07) is 8.55. The zero-order valence-corrected chi connectivity index (χ0v) is 13.3. The molecule has 108 valence electrons. The molecule has 0 fully saturated rings. The molecule has 0 aliphatic heterocycles. The van der Waals surface area contributed by atoms with E-state index in [9.17, 15) is 0 Å². The molecular weight excluding hydrogens is 320 g/mol. The van der Waals surface area contributed by atoms with Gasteiger partial charge in [0.2, 0.25) is 5.89 Å². The van der Waals surface area contributed by atoms with Crippen molar-refractivity contribution in [1.29, 1.82) is 0 Å². The number of aromatic nitrogens is 2. The summed E-state index contributed by atoms with van der Waals surface area (Å²) in [6.07, 6.45) is 1.08. The Hall–Kier alpha value is -1.40. The first-order valence-electron chi connectivity index (χ1n) is 6.74. The minimum Gasteiger partial charge on any atom is -0.406 e. The lowest BCUT2D eigenvalue weighted by molar-refractivity contribution is 0.423. The number of nitrogens with one attached hydrogen (secondary N) is 2. The molecular formula is C14H19BrN4O. The van der Waals surface area contributed by atoms with Crippen LogP contribution in [0.4, 0.5) is 6.01 Å². The summed E-state index contributed by atoms with van der Waals surface area (Å²) < 4.78 is 6.65. The van der Waals surface area contributed by atoms with Crippen molar-refractivity contribution in [3.8, 4) is 0 Å². The molecule has 1 aromatic carbocycles. The van der Waals surface area contributed by atoms with E-state index in [4.69, 9.17) is 4.42 Å². The van der Waals surface area contributed by atoms with Crippen LogP contribution < -0.4 is 10.6 Å². The third kappa shape index (κ3) is 4.05. The van der Waals surface area contributed by atoms with Crippen molar-refractivity contribution in [2.24, 2.45) is 0 Å². The highest BCUT2D eigenvalue weighted by molar-refractivity contribution is 9.10. The predicted octanol–water partition coefficient (Wildman–Crippen LogP) is 3.50. The molecule has 2 N–H and O–H groups in total. The van der Waals surface area contributed by atoms with E-state index < -0.39 is 0 Å². The second-order valence-electron chi connectivity index (χ2n) is 4.57. The van der Waals surface area contributed by atoms with Crippen molar-refractivity contribution in [2.45, 2.75) is 32.9 Å². The summed E-state index contributed by atoms with van der Waals surface area (Å²) in [5.41, 5.74) is 1.14. The lowest BCUT2D eigenvalue weighted by Crippen LogP contribution is -2.19. The Balaban J connectivity index is 1.91. The highest BCUT2D eigenvalue weighted by atomic mass is 79.9. The molecule has 0 saturated carbocycles. The average Bonchev–Trinajstić information content (AvgIpc) is 2.93. The molecule has 0 spiro atoms. The van der Waals surface area contributed by atoms with Crippen LogP contribution in [0.5, 0.6) is 0 Å². The summed E-state index contributed by atoms with van der Waals surface area (Å²) in [4.78, 5) is 0. The average molecular weight is 339 g/mol. The zero-order valence-electron chi connectivity index (χ0n) is 11.7. The predicted molar refractivity (Wildman–Crippen MR) is 82.5 cm³/mol. The summed E-state index contributed by atoms with van der Waals surface area (Å²) in [5.74, 6) is 0.605. The minimum absolute atomic E-state index is 0.0708. The molecule has 5 nitrogen and oxygen atoms in total. The van der Waals surface area contributed by atoms with Crippen LogP contribution in [-0.2, 0) is 6.54 Å². The van der Waals surface area contributed by atoms with E-state index >= 15 is 0 Å². The second kappa shape index (κ2) is 7.40. The van der Waals surface area contributed by atoms with Gasteiger partial charge in [0.15, 0.2) is 0 Å². The standard InChI is InChI=1S/C14H19BrN4O/c1-3-8-16-10(2)13-18-19-14(20-13)17-9-11-6-4-5-7-12(11)15/h4-7,10,16H,3,8-9H2,1-2H3,(H,17,19). The van der Waals surface area contributed by atoms with Gasteiger partial charge in [-0.1, -0.05) is 46.2 Å². The Labute approximate surface area is 127 Å². The van der Waals surface area contributed by atoms with Crippen LogP contribution in [-0.4, -0.2) is 16.7 Å². The van der Waals surface area contributed by atoms with Crippen LogP contribution in [0.15, 0.2) is 33.2 Å². The van der Waals surface area contributed by atoms with Gasteiger partial charge >= 0.3 is 6.01 Å². The first-order chi connectivity index (χ1) is 9.70. The Kier molecular flexibility index (Phi) is 5.55. The maximum atomic E-state index is 5.59. The number of benzene rings is 1. The fourth-order valence-electron chi connectivity index (χ4n) is 1.74. The minimum atomic E-state index is 0.0708. The smallest absolute Gasteiger partial charge is 0.315 e. The van der Waals surface area contributed by atoms with Crippen LogP contribution in [0, 0.1) is 0 Å². The zero-order chi connectivity index (χ0) is 14.4. The third-order valence-electron chi connectivity index (χ3n) is 2.90. The fourth-order valence-corrected chi connectivity index (χ4v) is 2.17. The molecule has 1 heterocycles. The van der Waals surface area contributed by atoms with Gasteiger partial charge < -0.3 is 15.1 Å². The molecule has 1 atom stereocenters. The summed E-state index contributed by atoms with van der Waals surface area (Å²) in [5, 5.41) is 14.5. The fraction of sp³-hybridized carbons (Fsp3) is 0.429. The summed E-state index contributed by atoms with van der Waals surface area (Å²) >= 11 is 3.51. The number of hydrogen-bond acceptors (Lipinski definition) is 5. The van der Waals surface area contributed by atoms with E-state index in [0.717, 1.165) is 23.0 Å². The van der Waals surface area contributed by atoms with Gasteiger partial charge in [0.25, 0.3) is 0 Å². The van der Waals surface area contributed by atoms with Crippen LogP contribution in [0.3, 0.4) is 0 Å². The second-order valence-corrected chi connectivity index (χ2v) is 5.42. The van der Waals surface area contributed by atoms with E-state index in [2.05, 4.69) is 43.7 Å². The van der Waals surface area contributed by atoms with E-state index in [1.54, 1.807) is 0 Å². The molecule has 1 aromatic heterocycles. The number of halogens is 1. The van der Waals surface area contributed by atoms with Crippen molar-refractivity contribution >= 4 is 21.9 Å². The quantitative estimate of drug-likeness (QED) is 0.808. The first-order valence-corrected chi connectivity index (χ1v) is 7.54. The van der Waals surface area contributed by atoms with Crippen LogP contribution >= 0.6 is 15.9 Å². The van der Waals surface area contributed by atoms with Gasteiger partial charge in [0.05, 0.1) is 6.04 Å². The van der Waals surface area contributed by atoms with E-state index in [0.29, 0.717) is 18.5 Å². The van der Waals surface area contributed by atoms with Crippen molar-refractivity contribution in [1.82, 2.24) is 15.5 Å². The lowest BCUT2D eigenvalue weighted by atomic mass is 10.2. The topological polar surface area (TPSA) is 63.0 Å². The van der Waals surface area contributed by atoms with Gasteiger partial charge in [-0.05, 0) is 31.5 Å². The molecule has 1 unspecified atom stereocenters. The number of rotatable bonds is 7. The summed E-state index contributed by atoms with van der Waals surface area (Å²) in [6.45, 7) is 5.71. The van der Waals surface area contributed by atoms with Crippen LogP contribution in [0.1, 0.15) is 37.8 Å². The van der Waals surface area contributed by atoms with Gasteiger partial charge in [0.1, 0.15) is 0 Å². The Bertz CT molecular complexity index is 543. The Morgan fingerprint density at radius 3 is 2.85 bits per heavy atom. The van der Waals surface area contributed by atoms with Gasteiger partial charge in [-0.3, -0.25) is 0 Å². The maximum absolute atomic E-state index is 5.59. The molecule has 0 bridgehead atoms. The first kappa shape index (κ1) is 15.0. The number of hydrogen-bond donors (Lipinski definition) is 2. The van der Waals surface area contributed by atoms with Crippen LogP contribution in [0.2, 0.25) is 0 Å². The molecule has 0 radical (unpaired) electrons. The highest BCUT2D eigenvalue weighted by Crippen LogP contribution is 2.18. The Morgan fingerprint density at radius 1 is 1.30 bits per heavy atom. The van der Waals surface area contributed by atoms with Gasteiger partial charge in [-0.15, -0.1) is 5.10 Å².